The molecular formula is C26H21N3O12S3. The number of carboxylic acids is 1. The van der Waals surface area contributed by atoms with E-state index >= 15 is 0 Å². The maximum Gasteiger partial charge on any atom is 0.335 e. The van der Waals surface area contributed by atoms with Crippen LogP contribution in [0, 0.1) is 0 Å². The van der Waals surface area contributed by atoms with Gasteiger partial charge in [-0.05, 0) is 60.0 Å². The molecule has 0 aliphatic rings. The van der Waals surface area contributed by atoms with Gasteiger partial charge in [0.15, 0.2) is 15.6 Å². The molecule has 0 aliphatic carbocycles. The highest BCUT2D eigenvalue weighted by atomic mass is 32.2. The van der Waals surface area contributed by atoms with Gasteiger partial charge in [-0.25, -0.2) is 13.2 Å². The van der Waals surface area contributed by atoms with Crippen LogP contribution in [0.4, 0.5) is 17.1 Å². The monoisotopic (exact) mass is 663 g/mol. The van der Waals surface area contributed by atoms with Gasteiger partial charge in [-0.15, -0.1) is 5.11 Å². The molecule has 0 atom stereocenters. The molecule has 1 amide bonds. The minimum Gasteiger partial charge on any atom is -0.505 e. The predicted molar refractivity (Wildman–Crippen MR) is 155 cm³/mol. The zero-order valence-electron chi connectivity index (χ0n) is 22.0. The first kappa shape index (κ1) is 32.2. The first-order chi connectivity index (χ1) is 20.5. The number of nitrogens with zero attached hydrogens (tertiary/aromatic N) is 2. The van der Waals surface area contributed by atoms with Gasteiger partial charge in [0.2, 0.25) is 5.91 Å². The number of phenols is 1. The van der Waals surface area contributed by atoms with Gasteiger partial charge in [0.25, 0.3) is 20.2 Å². The fourth-order valence-corrected chi connectivity index (χ4v) is 6.43. The number of azo groups is 1. The summed E-state index contributed by atoms with van der Waals surface area (Å²) >= 11 is 0. The maximum absolute atomic E-state index is 12.8. The molecule has 0 heterocycles. The van der Waals surface area contributed by atoms with Crippen molar-refractivity contribution in [2.75, 3.05) is 11.1 Å². The van der Waals surface area contributed by atoms with Crippen LogP contribution >= 0.6 is 0 Å². The normalized spacial score (nSPS) is 12.4. The van der Waals surface area contributed by atoms with Crippen LogP contribution < -0.4 is 5.32 Å². The Labute approximate surface area is 249 Å². The molecule has 0 fully saturated rings. The van der Waals surface area contributed by atoms with E-state index in [4.69, 9.17) is 5.11 Å². The van der Waals surface area contributed by atoms with Crippen LogP contribution in [0.5, 0.6) is 5.75 Å². The quantitative estimate of drug-likeness (QED) is 0.119. The Bertz CT molecular complexity index is 2150. The van der Waals surface area contributed by atoms with E-state index in [0.29, 0.717) is 6.07 Å². The molecule has 5 N–H and O–H groups in total. The van der Waals surface area contributed by atoms with Gasteiger partial charge in [0.1, 0.15) is 10.6 Å². The fourth-order valence-electron chi connectivity index (χ4n) is 3.96. The van der Waals surface area contributed by atoms with Crippen LogP contribution in [0.2, 0.25) is 0 Å². The average Bonchev–Trinajstić information content (AvgIpc) is 2.95. The Kier molecular flexibility index (Phi) is 8.84. The number of carbonyl (C=O) groups is 2. The maximum atomic E-state index is 12.8. The molecule has 15 nitrogen and oxygen atoms in total. The average molecular weight is 664 g/mol. The van der Waals surface area contributed by atoms with Crippen LogP contribution in [0.15, 0.2) is 97.7 Å². The summed E-state index contributed by atoms with van der Waals surface area (Å²) < 4.78 is 93.0. The molecule has 44 heavy (non-hydrogen) atoms. The molecule has 4 aromatic carbocycles. The van der Waals surface area contributed by atoms with E-state index in [-0.39, 0.29) is 16.1 Å². The summed E-state index contributed by atoms with van der Waals surface area (Å²) in [5, 5.41) is 29.1. The summed E-state index contributed by atoms with van der Waals surface area (Å²) in [4.78, 5) is 22.0. The fraction of sp³-hybridized carbons (Fsp3) is 0.0769. The van der Waals surface area contributed by atoms with E-state index in [0.717, 1.165) is 12.1 Å². The highest BCUT2D eigenvalue weighted by Gasteiger charge is 2.26. The Morgan fingerprint density at radius 2 is 1.41 bits per heavy atom. The Balaban J connectivity index is 1.82. The number of nitrogens with one attached hydrogen (secondary N) is 1. The van der Waals surface area contributed by atoms with Crippen molar-refractivity contribution in [2.45, 2.75) is 21.1 Å². The highest BCUT2D eigenvalue weighted by molar-refractivity contribution is 7.91. The van der Waals surface area contributed by atoms with E-state index in [1.807, 2.05) is 0 Å². The smallest absolute Gasteiger partial charge is 0.335 e. The summed E-state index contributed by atoms with van der Waals surface area (Å²) in [6, 6.07) is 14.2. The second-order valence-electron chi connectivity index (χ2n) is 9.07. The minimum atomic E-state index is -5.16. The SMILES string of the molecule is O=C(CCS(=O)(=O)c1ccccc1)Nc1cc(S(=O)(=O)O)cc2cc(S(=O)(=O)O)c(N=Nc3ccc(C(=O)O)cc3)c(O)c12. The number of rotatable bonds is 10. The number of anilines is 1. The van der Waals surface area contributed by atoms with E-state index in [1.54, 1.807) is 6.07 Å². The summed E-state index contributed by atoms with van der Waals surface area (Å²) in [6.07, 6.45) is -0.627. The van der Waals surface area contributed by atoms with Crippen molar-refractivity contribution >= 4 is 69.8 Å². The second kappa shape index (κ2) is 12.1. The number of aromatic carboxylic acids is 1. The van der Waals surface area contributed by atoms with Gasteiger partial charge in [-0.3, -0.25) is 13.9 Å². The number of carboxylic acid groups (broad SMARTS) is 1. The van der Waals surface area contributed by atoms with Gasteiger partial charge in [0, 0.05) is 11.8 Å². The van der Waals surface area contributed by atoms with Crippen LogP contribution in [0.3, 0.4) is 0 Å². The Hall–Kier alpha value is -4.75. The molecule has 230 valence electrons. The van der Waals surface area contributed by atoms with Crippen LogP contribution in [0.1, 0.15) is 16.8 Å². The number of amides is 1. The van der Waals surface area contributed by atoms with Crippen molar-refractivity contribution in [3.8, 4) is 5.75 Å². The molecule has 0 bridgehead atoms. The summed E-state index contributed by atoms with van der Waals surface area (Å²) in [5.41, 5.74) is -1.42. The number of phenolic OH excluding ortho intramolecular Hbond substituents is 1. The lowest BCUT2D eigenvalue weighted by molar-refractivity contribution is -0.115. The van der Waals surface area contributed by atoms with Crippen molar-refractivity contribution < 1.29 is 54.2 Å². The largest absolute Gasteiger partial charge is 0.505 e. The van der Waals surface area contributed by atoms with Gasteiger partial charge in [-0.2, -0.15) is 21.9 Å². The third kappa shape index (κ3) is 7.24. The molecule has 0 aromatic heterocycles. The van der Waals surface area contributed by atoms with Crippen LogP contribution in [-0.4, -0.2) is 62.2 Å². The topological polar surface area (TPSA) is 254 Å². The van der Waals surface area contributed by atoms with E-state index in [9.17, 15) is 49.1 Å². The van der Waals surface area contributed by atoms with Crippen molar-refractivity contribution in [1.82, 2.24) is 0 Å². The number of benzene rings is 4. The zero-order valence-corrected chi connectivity index (χ0v) is 24.5. The Morgan fingerprint density at radius 3 is 1.98 bits per heavy atom. The first-order valence-electron chi connectivity index (χ1n) is 12.1. The lowest BCUT2D eigenvalue weighted by Gasteiger charge is -2.15. The molecule has 0 radical (unpaired) electrons. The van der Waals surface area contributed by atoms with Crippen LogP contribution in [-0.2, 0) is 34.9 Å². The summed E-state index contributed by atoms with van der Waals surface area (Å²) in [6.45, 7) is 0. The molecule has 0 aliphatic heterocycles. The van der Waals surface area contributed by atoms with Crippen LogP contribution in [0.25, 0.3) is 10.8 Å². The molecular weight excluding hydrogens is 642 g/mol. The number of aromatic hydroxyl groups is 1. The standard InChI is InChI=1S/C26H21N3O12S3/c30-22(10-11-42(34,35)18-4-2-1-3-5-18)27-20-14-19(43(36,37)38)12-16-13-21(44(39,40)41)24(25(31)23(16)20)29-28-17-8-6-15(7-9-17)26(32)33/h1-9,12-14,31H,10-11H2,(H,27,30)(H,32,33)(H,36,37,38)(H,39,40,41). The van der Waals surface area contributed by atoms with Crippen molar-refractivity contribution in [3.63, 3.8) is 0 Å². The third-order valence-electron chi connectivity index (χ3n) is 6.05. The summed E-state index contributed by atoms with van der Waals surface area (Å²) in [7, 11) is -14.0. The number of carbonyl (C=O) groups excluding carboxylic acids is 1. The predicted octanol–water partition coefficient (Wildman–Crippen LogP) is 3.95. The number of sulfone groups is 1. The van der Waals surface area contributed by atoms with Crippen molar-refractivity contribution in [3.05, 3.63) is 78.4 Å². The molecule has 4 rings (SSSR count). The van der Waals surface area contributed by atoms with Gasteiger partial charge in [0.05, 0.1) is 32.5 Å². The van der Waals surface area contributed by atoms with Crippen molar-refractivity contribution in [1.29, 1.82) is 0 Å². The molecule has 0 spiro atoms. The lowest BCUT2D eigenvalue weighted by Crippen LogP contribution is -2.18. The lowest BCUT2D eigenvalue weighted by atomic mass is 10.1. The van der Waals surface area contributed by atoms with E-state index in [2.05, 4.69) is 15.5 Å². The number of hydrogen-bond donors (Lipinski definition) is 5. The first-order valence-corrected chi connectivity index (χ1v) is 16.6. The summed E-state index contributed by atoms with van der Waals surface area (Å²) in [5.74, 6) is -3.85. The van der Waals surface area contributed by atoms with Crippen molar-refractivity contribution in [2.24, 2.45) is 10.2 Å². The zero-order chi connectivity index (χ0) is 32.4. The third-order valence-corrected chi connectivity index (χ3v) is 9.48. The molecule has 18 heteroatoms. The Morgan fingerprint density at radius 1 is 0.773 bits per heavy atom. The number of fused-ring (bicyclic) bond motifs is 1. The van der Waals surface area contributed by atoms with Gasteiger partial charge < -0.3 is 15.5 Å². The minimum absolute atomic E-state index is 0.00524. The molecule has 0 unspecified atom stereocenters. The highest BCUT2D eigenvalue weighted by Crippen LogP contribution is 2.45. The van der Waals surface area contributed by atoms with Gasteiger partial charge >= 0.3 is 5.97 Å². The molecule has 4 aromatic rings. The van der Waals surface area contributed by atoms with Gasteiger partial charge in [-0.1, -0.05) is 18.2 Å². The molecule has 0 saturated carbocycles. The second-order valence-corrected chi connectivity index (χ2v) is 14.0. The molecule has 0 saturated heterocycles. The number of hydrogen-bond acceptors (Lipinski definition) is 11. The van der Waals surface area contributed by atoms with E-state index < -0.39 is 91.8 Å². The van der Waals surface area contributed by atoms with E-state index in [1.165, 1.54) is 48.5 Å².